The number of aliphatic hydroxyl groups is 1. The normalized spacial score (nSPS) is 17.8. The topological polar surface area (TPSA) is 164 Å². The van der Waals surface area contributed by atoms with E-state index in [1.807, 2.05) is 0 Å². The Morgan fingerprint density at radius 3 is 2.60 bits per heavy atom. The van der Waals surface area contributed by atoms with Gasteiger partial charge in [0.1, 0.15) is 18.1 Å². The number of nitrogens with one attached hydrogen (secondary N) is 3. The molecule has 2 aromatic heterocycles. The van der Waals surface area contributed by atoms with E-state index in [0.717, 1.165) is 5.56 Å². The summed E-state index contributed by atoms with van der Waals surface area (Å²) in [6.07, 6.45) is 8.78. The van der Waals surface area contributed by atoms with Crippen LogP contribution in [0, 0.1) is 5.41 Å². The van der Waals surface area contributed by atoms with E-state index < -0.39 is 11.5 Å². The van der Waals surface area contributed by atoms with Gasteiger partial charge in [-0.1, -0.05) is 6.07 Å². The van der Waals surface area contributed by atoms with E-state index in [4.69, 9.17) is 20.6 Å². The Balaban J connectivity index is 1.37. The molecular weight excluding hydrogens is 512 g/mol. The van der Waals surface area contributed by atoms with Crippen molar-refractivity contribution in [3.8, 4) is 11.5 Å². The molecule has 1 aliphatic carbocycles. The summed E-state index contributed by atoms with van der Waals surface area (Å²) in [5.41, 5.74) is 7.39. The molecular formula is C29H36N6O5. The van der Waals surface area contributed by atoms with Crippen LogP contribution in [0.2, 0.25) is 0 Å². The zero-order chi connectivity index (χ0) is 28.9. The number of aromatic nitrogens is 2. The number of rotatable bonds is 11. The number of carbonyl (C=O) groups excluding carboxylic acids is 2. The van der Waals surface area contributed by atoms with Crippen molar-refractivity contribution in [3.05, 3.63) is 65.6 Å². The monoisotopic (exact) mass is 548 g/mol. The third-order valence-electron chi connectivity index (χ3n) is 6.66. The van der Waals surface area contributed by atoms with Crippen molar-refractivity contribution < 1.29 is 24.2 Å². The van der Waals surface area contributed by atoms with Crippen molar-refractivity contribution in [1.29, 1.82) is 5.41 Å². The molecule has 0 atom stereocenters. The lowest BCUT2D eigenvalue weighted by molar-refractivity contribution is 0.0283. The van der Waals surface area contributed by atoms with Gasteiger partial charge in [0.15, 0.2) is 0 Å². The zero-order valence-corrected chi connectivity index (χ0v) is 22.9. The average molecular weight is 549 g/mol. The van der Waals surface area contributed by atoms with Crippen LogP contribution in [0.1, 0.15) is 65.8 Å². The summed E-state index contributed by atoms with van der Waals surface area (Å²) in [5, 5.41) is 27.8. The van der Waals surface area contributed by atoms with E-state index in [1.54, 1.807) is 68.1 Å². The molecule has 0 radical (unpaired) electrons. The van der Waals surface area contributed by atoms with E-state index in [2.05, 4.69) is 15.7 Å². The van der Waals surface area contributed by atoms with Gasteiger partial charge < -0.3 is 36.4 Å². The molecule has 40 heavy (non-hydrogen) atoms. The summed E-state index contributed by atoms with van der Waals surface area (Å²) in [7, 11) is 1.75. The SMILES string of the molecule is CN/C=C(\C=N)c1ccc(C(N)=O)c(O[C@H]2CC[C@H](NC(=O)c3cnn4cc(OCC(C)(C)O)ccc34)CC2)c1. The van der Waals surface area contributed by atoms with Gasteiger partial charge in [-0.2, -0.15) is 5.10 Å². The number of pyridine rings is 1. The number of nitrogens with zero attached hydrogens (tertiary/aromatic N) is 2. The van der Waals surface area contributed by atoms with E-state index in [1.165, 1.54) is 12.4 Å². The quantitative estimate of drug-likeness (QED) is 0.230. The Labute approximate surface area is 232 Å². The molecule has 0 spiro atoms. The Kier molecular flexibility index (Phi) is 8.73. The number of primary amides is 1. The van der Waals surface area contributed by atoms with E-state index in [9.17, 15) is 14.7 Å². The molecule has 4 rings (SSSR count). The number of nitrogens with two attached hydrogens (primary N) is 1. The highest BCUT2D eigenvalue weighted by molar-refractivity contribution is 6.08. The molecule has 11 nitrogen and oxygen atoms in total. The second-order valence-corrected chi connectivity index (χ2v) is 10.5. The first-order valence-corrected chi connectivity index (χ1v) is 13.2. The van der Waals surface area contributed by atoms with Crippen LogP contribution >= 0.6 is 0 Å². The molecule has 3 aromatic rings. The summed E-state index contributed by atoms with van der Waals surface area (Å²) in [6.45, 7) is 3.46. The lowest BCUT2D eigenvalue weighted by Gasteiger charge is -2.30. The van der Waals surface area contributed by atoms with Crippen molar-refractivity contribution in [2.24, 2.45) is 5.73 Å². The molecule has 0 saturated heterocycles. The van der Waals surface area contributed by atoms with Crippen molar-refractivity contribution >= 4 is 29.1 Å². The Morgan fingerprint density at radius 2 is 1.95 bits per heavy atom. The third-order valence-corrected chi connectivity index (χ3v) is 6.66. The van der Waals surface area contributed by atoms with Gasteiger partial charge in [0.05, 0.1) is 40.7 Å². The van der Waals surface area contributed by atoms with Gasteiger partial charge in [-0.3, -0.25) is 9.59 Å². The Bertz CT molecular complexity index is 1420. The smallest absolute Gasteiger partial charge is 0.255 e. The van der Waals surface area contributed by atoms with Gasteiger partial charge in [-0.05, 0) is 69.4 Å². The Hall–Kier alpha value is -4.38. The average Bonchev–Trinajstić information content (AvgIpc) is 3.34. The standard InChI is InChI=1S/C29H36N6O5/c1-29(2,38)17-39-22-9-11-25-24(15-33-35(25)16-22)28(37)34-20-5-7-21(8-6-20)40-26-12-18(19(13-30)14-32-3)4-10-23(26)27(31)36/h4,9-16,20-21,30,32,38H,5-8,17H2,1-3H3,(H2,31,36)(H,34,37)/b19-14+,30-13?/t20-,21-. The highest BCUT2D eigenvalue weighted by Gasteiger charge is 2.26. The highest BCUT2D eigenvalue weighted by Crippen LogP contribution is 2.29. The predicted octanol–water partition coefficient (Wildman–Crippen LogP) is 2.91. The molecule has 1 saturated carbocycles. The molecule has 0 aliphatic heterocycles. The minimum atomic E-state index is -0.962. The lowest BCUT2D eigenvalue weighted by atomic mass is 9.92. The van der Waals surface area contributed by atoms with E-state index in [-0.39, 0.29) is 30.2 Å². The maximum Gasteiger partial charge on any atom is 0.255 e. The first-order chi connectivity index (χ1) is 19.1. The zero-order valence-electron chi connectivity index (χ0n) is 22.9. The second-order valence-electron chi connectivity index (χ2n) is 10.5. The maximum absolute atomic E-state index is 13.1. The van der Waals surface area contributed by atoms with E-state index in [0.29, 0.717) is 53.8 Å². The molecule has 2 amide bonds. The van der Waals surface area contributed by atoms with Crippen LogP contribution in [-0.2, 0) is 0 Å². The summed E-state index contributed by atoms with van der Waals surface area (Å²) < 4.78 is 13.4. The van der Waals surface area contributed by atoms with Gasteiger partial charge in [0, 0.05) is 31.1 Å². The molecule has 1 aliphatic rings. The largest absolute Gasteiger partial charge is 0.490 e. The third kappa shape index (κ3) is 6.97. The molecule has 212 valence electrons. The fourth-order valence-electron chi connectivity index (χ4n) is 4.62. The van der Waals surface area contributed by atoms with Crippen LogP contribution in [0.3, 0.4) is 0 Å². The lowest BCUT2D eigenvalue weighted by Crippen LogP contribution is -2.39. The molecule has 1 aromatic carbocycles. The number of allylic oxidation sites excluding steroid dienone is 1. The molecule has 6 N–H and O–H groups in total. The summed E-state index contributed by atoms with van der Waals surface area (Å²) in [4.78, 5) is 25.1. The highest BCUT2D eigenvalue weighted by atomic mass is 16.5. The predicted molar refractivity (Wildman–Crippen MR) is 152 cm³/mol. The van der Waals surface area contributed by atoms with Crippen LogP contribution in [0.15, 0.2) is 48.9 Å². The number of benzene rings is 1. The molecule has 2 heterocycles. The van der Waals surface area contributed by atoms with Gasteiger partial charge in [-0.25, -0.2) is 4.52 Å². The van der Waals surface area contributed by atoms with Gasteiger partial charge in [0.2, 0.25) is 0 Å². The number of fused-ring (bicyclic) bond motifs is 1. The minimum absolute atomic E-state index is 0.0262. The molecule has 1 fully saturated rings. The van der Waals surface area contributed by atoms with Gasteiger partial charge in [0.25, 0.3) is 11.8 Å². The summed E-state index contributed by atoms with van der Waals surface area (Å²) in [5.74, 6) is 0.142. The van der Waals surface area contributed by atoms with Crippen molar-refractivity contribution in [2.45, 2.75) is 57.3 Å². The summed E-state index contributed by atoms with van der Waals surface area (Å²) in [6, 6.07) is 8.57. The summed E-state index contributed by atoms with van der Waals surface area (Å²) >= 11 is 0. The van der Waals surface area contributed by atoms with Gasteiger partial charge >= 0.3 is 0 Å². The van der Waals surface area contributed by atoms with E-state index >= 15 is 0 Å². The first-order valence-electron chi connectivity index (χ1n) is 13.2. The van der Waals surface area contributed by atoms with Crippen LogP contribution in [-0.4, -0.2) is 64.2 Å². The van der Waals surface area contributed by atoms with Crippen LogP contribution in [0.25, 0.3) is 11.1 Å². The van der Waals surface area contributed by atoms with Crippen molar-refractivity contribution in [3.63, 3.8) is 0 Å². The maximum atomic E-state index is 13.1. The fourth-order valence-corrected chi connectivity index (χ4v) is 4.62. The minimum Gasteiger partial charge on any atom is -0.490 e. The number of amides is 2. The van der Waals surface area contributed by atoms with Crippen LogP contribution in [0.5, 0.6) is 11.5 Å². The van der Waals surface area contributed by atoms with Crippen molar-refractivity contribution in [1.82, 2.24) is 20.2 Å². The van der Waals surface area contributed by atoms with Crippen LogP contribution in [0.4, 0.5) is 0 Å². The van der Waals surface area contributed by atoms with Gasteiger partial charge in [-0.15, -0.1) is 0 Å². The van der Waals surface area contributed by atoms with Crippen LogP contribution < -0.4 is 25.8 Å². The fraction of sp³-hybridized carbons (Fsp3) is 0.379. The number of hydrogen-bond acceptors (Lipinski definition) is 8. The first kappa shape index (κ1) is 28.6. The number of hydrogen-bond donors (Lipinski definition) is 5. The molecule has 11 heteroatoms. The second kappa shape index (κ2) is 12.2. The number of ether oxygens (including phenoxy) is 2. The van der Waals surface area contributed by atoms with Crippen molar-refractivity contribution in [2.75, 3.05) is 13.7 Å². The molecule has 0 bridgehead atoms. The number of carbonyl (C=O) groups is 2. The molecule has 0 unspecified atom stereocenters. The Morgan fingerprint density at radius 1 is 1.20 bits per heavy atom.